The summed E-state index contributed by atoms with van der Waals surface area (Å²) in [6.07, 6.45) is 1.89. The van der Waals surface area contributed by atoms with Crippen molar-refractivity contribution in [1.29, 1.82) is 0 Å². The fourth-order valence-electron chi connectivity index (χ4n) is 3.33. The first-order chi connectivity index (χ1) is 12.9. The number of nitrogens with zero attached hydrogens (tertiary/aromatic N) is 3. The Balaban J connectivity index is 1.59. The van der Waals surface area contributed by atoms with E-state index in [-0.39, 0.29) is 11.8 Å². The summed E-state index contributed by atoms with van der Waals surface area (Å²) in [6, 6.07) is 9.58. The minimum Gasteiger partial charge on any atom is -0.353 e. The maximum Gasteiger partial charge on any atom is 0.253 e. The van der Waals surface area contributed by atoms with Crippen molar-refractivity contribution in [3.8, 4) is 0 Å². The van der Waals surface area contributed by atoms with E-state index in [0.29, 0.717) is 25.2 Å². The monoisotopic (exact) mass is 366 g/mol. The van der Waals surface area contributed by atoms with Gasteiger partial charge in [0.25, 0.3) is 5.91 Å². The quantitative estimate of drug-likeness (QED) is 0.902. The van der Waals surface area contributed by atoms with Gasteiger partial charge >= 0.3 is 0 Å². The van der Waals surface area contributed by atoms with Crippen LogP contribution in [0.1, 0.15) is 34.0 Å². The second-order valence-electron chi connectivity index (χ2n) is 7.04. The van der Waals surface area contributed by atoms with Gasteiger partial charge in [0.1, 0.15) is 5.82 Å². The number of carbonyl (C=O) groups excluding carboxylic acids is 2. The van der Waals surface area contributed by atoms with E-state index in [2.05, 4.69) is 28.2 Å². The predicted molar refractivity (Wildman–Crippen MR) is 106 cm³/mol. The number of pyridine rings is 1. The zero-order valence-corrected chi connectivity index (χ0v) is 16.2. The highest BCUT2D eigenvalue weighted by atomic mass is 16.2. The van der Waals surface area contributed by atoms with E-state index in [1.165, 1.54) is 12.5 Å². The van der Waals surface area contributed by atoms with Gasteiger partial charge in [0, 0.05) is 51.4 Å². The van der Waals surface area contributed by atoms with Crippen LogP contribution in [0.3, 0.4) is 0 Å². The SMILES string of the molecule is CC(=O)NCc1ccc(C(=O)N2CCN(c3ncc(C)cc3C)CC2)cc1. The molecule has 0 bridgehead atoms. The number of piperazine rings is 1. The van der Waals surface area contributed by atoms with Crippen molar-refractivity contribution in [3.63, 3.8) is 0 Å². The van der Waals surface area contributed by atoms with Crippen molar-refractivity contribution in [1.82, 2.24) is 15.2 Å². The van der Waals surface area contributed by atoms with Crippen molar-refractivity contribution in [2.75, 3.05) is 31.1 Å². The largest absolute Gasteiger partial charge is 0.353 e. The lowest BCUT2D eigenvalue weighted by atomic mass is 10.1. The molecule has 27 heavy (non-hydrogen) atoms. The molecule has 0 saturated carbocycles. The molecule has 1 saturated heterocycles. The molecule has 2 heterocycles. The average molecular weight is 366 g/mol. The molecule has 1 N–H and O–H groups in total. The molecule has 1 aromatic heterocycles. The van der Waals surface area contributed by atoms with E-state index in [9.17, 15) is 9.59 Å². The van der Waals surface area contributed by atoms with E-state index in [1.807, 2.05) is 42.3 Å². The zero-order chi connectivity index (χ0) is 19.4. The fraction of sp³-hybridized carbons (Fsp3) is 0.381. The second kappa shape index (κ2) is 8.20. The highest BCUT2D eigenvalue weighted by Gasteiger charge is 2.23. The normalized spacial score (nSPS) is 14.2. The summed E-state index contributed by atoms with van der Waals surface area (Å²) < 4.78 is 0. The molecule has 2 amide bonds. The smallest absolute Gasteiger partial charge is 0.253 e. The number of rotatable bonds is 4. The molecule has 1 aliphatic rings. The topological polar surface area (TPSA) is 65.5 Å². The molecule has 0 aliphatic carbocycles. The van der Waals surface area contributed by atoms with Crippen LogP contribution in [0.2, 0.25) is 0 Å². The molecule has 3 rings (SSSR count). The van der Waals surface area contributed by atoms with Crippen LogP contribution in [-0.4, -0.2) is 47.9 Å². The van der Waals surface area contributed by atoms with Crippen LogP contribution in [0.4, 0.5) is 5.82 Å². The molecule has 6 nitrogen and oxygen atoms in total. The maximum absolute atomic E-state index is 12.8. The Kier molecular flexibility index (Phi) is 5.74. The first-order valence-electron chi connectivity index (χ1n) is 9.25. The van der Waals surface area contributed by atoms with Gasteiger partial charge in [-0.1, -0.05) is 18.2 Å². The van der Waals surface area contributed by atoms with Crippen LogP contribution in [0.15, 0.2) is 36.5 Å². The molecule has 142 valence electrons. The Bertz CT molecular complexity index is 825. The van der Waals surface area contributed by atoms with Crippen LogP contribution in [-0.2, 0) is 11.3 Å². The van der Waals surface area contributed by atoms with Crippen LogP contribution in [0.5, 0.6) is 0 Å². The number of nitrogens with one attached hydrogen (secondary N) is 1. The van der Waals surface area contributed by atoms with Crippen LogP contribution in [0.25, 0.3) is 0 Å². The third kappa shape index (κ3) is 4.64. The molecular formula is C21H26N4O2. The van der Waals surface area contributed by atoms with E-state index < -0.39 is 0 Å². The van der Waals surface area contributed by atoms with Gasteiger partial charge in [-0.15, -0.1) is 0 Å². The number of hydrogen-bond acceptors (Lipinski definition) is 4. The Hall–Kier alpha value is -2.89. The Morgan fingerprint density at radius 2 is 1.74 bits per heavy atom. The summed E-state index contributed by atoms with van der Waals surface area (Å²) in [5.74, 6) is 0.996. The molecule has 1 aliphatic heterocycles. The van der Waals surface area contributed by atoms with Gasteiger partial charge < -0.3 is 15.1 Å². The number of carbonyl (C=O) groups is 2. The number of aromatic nitrogens is 1. The lowest BCUT2D eigenvalue weighted by molar-refractivity contribution is -0.119. The molecule has 0 spiro atoms. The Morgan fingerprint density at radius 1 is 1.07 bits per heavy atom. The first-order valence-corrected chi connectivity index (χ1v) is 9.25. The molecule has 0 radical (unpaired) electrons. The van der Waals surface area contributed by atoms with E-state index in [0.717, 1.165) is 30.0 Å². The maximum atomic E-state index is 12.8. The van der Waals surface area contributed by atoms with Crippen molar-refractivity contribution >= 4 is 17.6 Å². The highest BCUT2D eigenvalue weighted by Crippen LogP contribution is 2.20. The molecule has 2 aromatic rings. The summed E-state index contributed by atoms with van der Waals surface area (Å²) in [7, 11) is 0. The summed E-state index contributed by atoms with van der Waals surface area (Å²) >= 11 is 0. The van der Waals surface area contributed by atoms with E-state index in [1.54, 1.807) is 0 Å². The van der Waals surface area contributed by atoms with Gasteiger partial charge in [-0.05, 0) is 42.7 Å². The molecule has 1 fully saturated rings. The zero-order valence-electron chi connectivity index (χ0n) is 16.2. The fourth-order valence-corrected chi connectivity index (χ4v) is 3.33. The number of anilines is 1. The van der Waals surface area contributed by atoms with Crippen LogP contribution in [0, 0.1) is 13.8 Å². The number of amides is 2. The minimum atomic E-state index is -0.0636. The summed E-state index contributed by atoms with van der Waals surface area (Å²) in [5.41, 5.74) is 3.99. The van der Waals surface area contributed by atoms with E-state index >= 15 is 0 Å². The molecule has 0 atom stereocenters. The highest BCUT2D eigenvalue weighted by molar-refractivity contribution is 5.94. The van der Waals surface area contributed by atoms with Crippen LogP contribution < -0.4 is 10.2 Å². The number of aryl methyl sites for hydroxylation is 2. The summed E-state index contributed by atoms with van der Waals surface area (Å²) in [6.45, 7) is 9.02. The third-order valence-electron chi connectivity index (χ3n) is 4.80. The van der Waals surface area contributed by atoms with E-state index in [4.69, 9.17) is 0 Å². The van der Waals surface area contributed by atoms with Gasteiger partial charge in [0.05, 0.1) is 0 Å². The minimum absolute atomic E-state index is 0.0503. The molecular weight excluding hydrogens is 340 g/mol. The molecule has 6 heteroatoms. The first kappa shape index (κ1) is 18.9. The van der Waals surface area contributed by atoms with Gasteiger partial charge in [-0.25, -0.2) is 4.98 Å². The summed E-state index contributed by atoms with van der Waals surface area (Å²) in [4.78, 5) is 32.4. The van der Waals surface area contributed by atoms with Gasteiger partial charge in [-0.2, -0.15) is 0 Å². The van der Waals surface area contributed by atoms with Crippen LogP contribution >= 0.6 is 0 Å². The lowest BCUT2D eigenvalue weighted by Crippen LogP contribution is -2.49. The van der Waals surface area contributed by atoms with Gasteiger partial charge in [-0.3, -0.25) is 9.59 Å². The van der Waals surface area contributed by atoms with Crippen molar-refractivity contribution in [2.24, 2.45) is 0 Å². The number of benzene rings is 1. The standard InChI is InChI=1S/C21H26N4O2/c1-15-12-16(2)20(23-13-15)24-8-10-25(11-9-24)21(27)19-6-4-18(5-7-19)14-22-17(3)26/h4-7,12-13H,8-11,14H2,1-3H3,(H,22,26). The Morgan fingerprint density at radius 3 is 2.33 bits per heavy atom. The van der Waals surface area contributed by atoms with Crippen molar-refractivity contribution in [2.45, 2.75) is 27.3 Å². The molecule has 1 aromatic carbocycles. The lowest BCUT2D eigenvalue weighted by Gasteiger charge is -2.36. The van der Waals surface area contributed by atoms with Crippen molar-refractivity contribution < 1.29 is 9.59 Å². The van der Waals surface area contributed by atoms with Crippen molar-refractivity contribution in [3.05, 3.63) is 58.8 Å². The Labute approximate surface area is 160 Å². The van der Waals surface area contributed by atoms with Gasteiger partial charge in [0.15, 0.2) is 0 Å². The average Bonchev–Trinajstić information content (AvgIpc) is 2.66. The number of hydrogen-bond donors (Lipinski definition) is 1. The third-order valence-corrected chi connectivity index (χ3v) is 4.80. The molecule has 0 unspecified atom stereocenters. The van der Waals surface area contributed by atoms with Gasteiger partial charge in [0.2, 0.25) is 5.91 Å². The predicted octanol–water partition coefficient (Wildman–Crippen LogP) is 2.30. The summed E-state index contributed by atoms with van der Waals surface area (Å²) in [5, 5.41) is 2.76. The second-order valence-corrected chi connectivity index (χ2v) is 7.04.